The summed E-state index contributed by atoms with van der Waals surface area (Å²) in [5, 5.41) is 1.14. The van der Waals surface area contributed by atoms with E-state index in [-0.39, 0.29) is 0 Å². The highest BCUT2D eigenvalue weighted by Gasteiger charge is 2.22. The minimum Gasteiger partial charge on any atom is -0.493 e. The van der Waals surface area contributed by atoms with Crippen LogP contribution in [0.4, 0.5) is 0 Å². The Labute approximate surface area is 204 Å². The maximum atomic E-state index is 6.21. The van der Waals surface area contributed by atoms with E-state index < -0.39 is 0 Å². The van der Waals surface area contributed by atoms with Gasteiger partial charge in [0.25, 0.3) is 0 Å². The van der Waals surface area contributed by atoms with E-state index >= 15 is 0 Å². The molecule has 2 aliphatic rings. The van der Waals surface area contributed by atoms with E-state index in [2.05, 4.69) is 52.3 Å². The number of aromatic nitrogens is 1. The van der Waals surface area contributed by atoms with Crippen molar-refractivity contribution in [3.63, 3.8) is 0 Å². The number of ether oxygens (including phenoxy) is 2. The van der Waals surface area contributed by atoms with Crippen LogP contribution < -0.4 is 9.47 Å². The summed E-state index contributed by atoms with van der Waals surface area (Å²) in [6.45, 7) is 6.87. The van der Waals surface area contributed by atoms with E-state index in [0.717, 1.165) is 73.2 Å². The van der Waals surface area contributed by atoms with Crippen molar-refractivity contribution < 1.29 is 13.9 Å². The number of hydrogen-bond donors (Lipinski definition) is 0. The molecule has 2 aromatic heterocycles. The van der Waals surface area contributed by atoms with Crippen LogP contribution in [0, 0.1) is 6.92 Å². The van der Waals surface area contributed by atoms with Crippen LogP contribution in [0.5, 0.6) is 11.5 Å². The van der Waals surface area contributed by atoms with Crippen molar-refractivity contribution in [2.45, 2.75) is 38.5 Å². The summed E-state index contributed by atoms with van der Waals surface area (Å²) in [6, 6.07) is 15.3. The van der Waals surface area contributed by atoms with E-state index in [0.29, 0.717) is 11.8 Å². The molecule has 0 radical (unpaired) electrons. The average molecular weight is 475 g/mol. The molecule has 0 spiro atoms. The fourth-order valence-corrected chi connectivity index (χ4v) is 6.14. The van der Waals surface area contributed by atoms with Crippen LogP contribution in [-0.2, 0) is 6.42 Å². The summed E-state index contributed by atoms with van der Waals surface area (Å²) in [5.74, 6) is 4.22. The summed E-state index contributed by atoms with van der Waals surface area (Å²) in [4.78, 5) is 7.99. The molecule has 0 unspecified atom stereocenters. The number of fused-ring (bicyclic) bond motifs is 2. The van der Waals surface area contributed by atoms with Gasteiger partial charge >= 0.3 is 0 Å². The van der Waals surface area contributed by atoms with Gasteiger partial charge in [-0.15, -0.1) is 11.3 Å². The molecule has 4 aromatic rings. The summed E-state index contributed by atoms with van der Waals surface area (Å²) in [6.07, 6.45) is 6.29. The molecule has 0 bridgehead atoms. The molecule has 6 rings (SSSR count). The Kier molecular flexibility index (Phi) is 6.02. The highest BCUT2D eigenvalue weighted by atomic mass is 32.1. The van der Waals surface area contributed by atoms with E-state index in [1.54, 1.807) is 17.5 Å². The molecule has 176 valence electrons. The molecule has 0 N–H and O–H groups in total. The van der Waals surface area contributed by atoms with Crippen molar-refractivity contribution >= 4 is 21.4 Å². The van der Waals surface area contributed by atoms with Crippen molar-refractivity contribution in [2.24, 2.45) is 0 Å². The third-order valence-corrected chi connectivity index (χ3v) is 8.10. The molecule has 0 saturated carbocycles. The van der Waals surface area contributed by atoms with Crippen molar-refractivity contribution in [3.05, 3.63) is 65.5 Å². The number of aryl methyl sites for hydroxylation is 1. The van der Waals surface area contributed by atoms with Crippen LogP contribution in [0.3, 0.4) is 0 Å². The van der Waals surface area contributed by atoms with Gasteiger partial charge in [-0.05, 0) is 80.6 Å². The molecule has 2 aliphatic heterocycles. The van der Waals surface area contributed by atoms with Crippen LogP contribution in [0.25, 0.3) is 20.9 Å². The Hall–Kier alpha value is -2.83. The van der Waals surface area contributed by atoms with Crippen molar-refractivity contribution in [1.82, 2.24) is 9.88 Å². The van der Waals surface area contributed by atoms with Crippen LogP contribution in [0.15, 0.2) is 53.1 Å². The van der Waals surface area contributed by atoms with Gasteiger partial charge in [0.15, 0.2) is 0 Å². The van der Waals surface area contributed by atoms with Gasteiger partial charge in [-0.2, -0.15) is 0 Å². The minimum absolute atomic E-state index is 0.653. The van der Waals surface area contributed by atoms with Crippen LogP contribution in [0.2, 0.25) is 0 Å². The lowest BCUT2D eigenvalue weighted by Gasteiger charge is -2.32. The first-order valence-corrected chi connectivity index (χ1v) is 13.1. The lowest BCUT2D eigenvalue weighted by molar-refractivity contribution is 0.193. The maximum absolute atomic E-state index is 6.21. The minimum atomic E-state index is 0.653. The summed E-state index contributed by atoms with van der Waals surface area (Å²) in [5.41, 5.74) is 2.81. The second-order valence-corrected chi connectivity index (χ2v) is 10.4. The van der Waals surface area contributed by atoms with Crippen LogP contribution in [0.1, 0.15) is 42.1 Å². The molecule has 0 amide bonds. The topological polar surface area (TPSA) is 47.7 Å². The van der Waals surface area contributed by atoms with Gasteiger partial charge in [-0.1, -0.05) is 18.2 Å². The van der Waals surface area contributed by atoms with Gasteiger partial charge < -0.3 is 18.8 Å². The molecule has 0 atom stereocenters. The lowest BCUT2D eigenvalue weighted by Crippen LogP contribution is -2.34. The number of rotatable bonds is 7. The van der Waals surface area contributed by atoms with Crippen molar-refractivity contribution in [2.75, 3.05) is 32.8 Å². The fraction of sp³-hybridized carbons (Fsp3) is 0.393. The molecular formula is C28H30N2O3S. The largest absolute Gasteiger partial charge is 0.493 e. The number of likely N-dealkylation sites (tertiary alicyclic amines) is 1. The number of benzene rings is 2. The Morgan fingerprint density at radius 3 is 2.91 bits per heavy atom. The zero-order chi connectivity index (χ0) is 22.9. The van der Waals surface area contributed by atoms with Gasteiger partial charge in [-0.25, -0.2) is 4.98 Å². The van der Waals surface area contributed by atoms with E-state index in [1.807, 2.05) is 6.92 Å². The summed E-state index contributed by atoms with van der Waals surface area (Å²) in [7, 11) is 0. The maximum Gasteiger partial charge on any atom is 0.236 e. The quantitative estimate of drug-likeness (QED) is 0.288. The first-order chi connectivity index (χ1) is 16.7. The first kappa shape index (κ1) is 21.7. The lowest BCUT2D eigenvalue weighted by atomic mass is 9.88. The molecule has 2 aromatic carbocycles. The van der Waals surface area contributed by atoms with Gasteiger partial charge in [0, 0.05) is 23.1 Å². The summed E-state index contributed by atoms with van der Waals surface area (Å²) < 4.78 is 18.9. The second kappa shape index (κ2) is 9.43. The molecule has 5 nitrogen and oxygen atoms in total. The first-order valence-electron chi connectivity index (χ1n) is 12.3. The number of oxazole rings is 1. The third kappa shape index (κ3) is 4.44. The zero-order valence-electron chi connectivity index (χ0n) is 19.6. The standard InChI is InChI=1S/C28H30N2O3S/c1-19-18-29-28(33-19)27-17-23-24(4-2-5-26(23)34-27)31-14-3-11-30-12-8-20(9-13-30)22-7-6-21-10-15-32-25(21)16-22/h2,4-7,16-18,20H,3,8-15H2,1H3. The monoisotopic (exact) mass is 474 g/mol. The predicted octanol–water partition coefficient (Wildman–Crippen LogP) is 6.45. The SMILES string of the molecule is Cc1cnc(-c2cc3c(OCCCN4CCC(c5ccc6c(c5)OCC6)CC4)cccc3s2)o1. The van der Waals surface area contributed by atoms with Crippen molar-refractivity contribution in [1.29, 1.82) is 0 Å². The predicted molar refractivity (Wildman–Crippen MR) is 136 cm³/mol. The number of nitrogens with zero attached hydrogens (tertiary/aromatic N) is 2. The van der Waals surface area contributed by atoms with Gasteiger partial charge in [0.05, 0.1) is 24.3 Å². The molecule has 6 heteroatoms. The average Bonchev–Trinajstić information content (AvgIpc) is 3.61. The highest BCUT2D eigenvalue weighted by Crippen LogP contribution is 2.38. The number of piperidine rings is 1. The van der Waals surface area contributed by atoms with E-state index in [1.165, 1.54) is 28.7 Å². The van der Waals surface area contributed by atoms with E-state index in [4.69, 9.17) is 13.9 Å². The molecule has 0 aliphatic carbocycles. The zero-order valence-corrected chi connectivity index (χ0v) is 20.4. The molecular weight excluding hydrogens is 444 g/mol. The van der Waals surface area contributed by atoms with Gasteiger partial charge in [-0.3, -0.25) is 0 Å². The molecule has 1 fully saturated rings. The van der Waals surface area contributed by atoms with E-state index in [9.17, 15) is 0 Å². The molecule has 34 heavy (non-hydrogen) atoms. The number of hydrogen-bond acceptors (Lipinski definition) is 6. The number of thiophene rings is 1. The Balaban J connectivity index is 1.00. The Morgan fingerprint density at radius 2 is 2.06 bits per heavy atom. The highest BCUT2D eigenvalue weighted by molar-refractivity contribution is 7.22. The van der Waals surface area contributed by atoms with Crippen LogP contribution in [-0.4, -0.2) is 42.7 Å². The fourth-order valence-electron chi connectivity index (χ4n) is 5.13. The van der Waals surface area contributed by atoms with Gasteiger partial charge in [0.2, 0.25) is 5.89 Å². The smallest absolute Gasteiger partial charge is 0.236 e. The normalized spacial score (nSPS) is 16.6. The molecule has 1 saturated heterocycles. The van der Waals surface area contributed by atoms with Crippen LogP contribution >= 0.6 is 11.3 Å². The summed E-state index contributed by atoms with van der Waals surface area (Å²) >= 11 is 1.69. The second-order valence-electron chi connectivity index (χ2n) is 9.34. The third-order valence-electron chi connectivity index (χ3n) is 7.01. The van der Waals surface area contributed by atoms with Gasteiger partial charge in [0.1, 0.15) is 17.3 Å². The Bertz CT molecular complexity index is 1290. The van der Waals surface area contributed by atoms with Crippen molar-refractivity contribution in [3.8, 4) is 22.3 Å². The molecule has 4 heterocycles. The Morgan fingerprint density at radius 1 is 1.15 bits per heavy atom.